The quantitative estimate of drug-likeness (QED) is 0.837. The van der Waals surface area contributed by atoms with E-state index < -0.39 is 0 Å². The van der Waals surface area contributed by atoms with Gasteiger partial charge in [0.1, 0.15) is 4.99 Å². The third-order valence-electron chi connectivity index (χ3n) is 3.16. The number of rotatable bonds is 5. The van der Waals surface area contributed by atoms with Crippen molar-refractivity contribution in [3.63, 3.8) is 0 Å². The van der Waals surface area contributed by atoms with Crippen LogP contribution in [0.15, 0.2) is 18.2 Å². The normalized spacial score (nSPS) is 18.1. The second-order valence-electron chi connectivity index (χ2n) is 4.39. The van der Waals surface area contributed by atoms with Crippen LogP contribution in [0.25, 0.3) is 0 Å². The Kier molecular flexibility index (Phi) is 4.99. The SMILES string of the molecule is COc1cccc(C(=S)NC[C@H]2CCCO2)c1OC. The Balaban J connectivity index is 2.05. The third kappa shape index (κ3) is 3.36. The molecule has 1 aliphatic rings. The molecule has 1 atom stereocenters. The minimum Gasteiger partial charge on any atom is -0.493 e. The summed E-state index contributed by atoms with van der Waals surface area (Å²) in [4.78, 5) is 0.659. The Bertz CT molecular complexity index is 444. The van der Waals surface area contributed by atoms with E-state index in [4.69, 9.17) is 26.4 Å². The molecule has 0 bridgehead atoms. The lowest BCUT2D eigenvalue weighted by atomic mass is 10.1. The van der Waals surface area contributed by atoms with E-state index in [-0.39, 0.29) is 6.10 Å². The lowest BCUT2D eigenvalue weighted by molar-refractivity contribution is 0.114. The van der Waals surface area contributed by atoms with Crippen molar-refractivity contribution < 1.29 is 14.2 Å². The average Bonchev–Trinajstić information content (AvgIpc) is 2.97. The monoisotopic (exact) mass is 281 g/mol. The van der Waals surface area contributed by atoms with E-state index in [0.717, 1.165) is 31.6 Å². The van der Waals surface area contributed by atoms with Crippen LogP contribution in [0.5, 0.6) is 11.5 Å². The highest BCUT2D eigenvalue weighted by Crippen LogP contribution is 2.30. The van der Waals surface area contributed by atoms with Crippen molar-refractivity contribution in [2.45, 2.75) is 18.9 Å². The molecule has 1 aromatic rings. The first kappa shape index (κ1) is 14.1. The summed E-state index contributed by atoms with van der Waals surface area (Å²) in [6.45, 7) is 1.58. The van der Waals surface area contributed by atoms with Crippen LogP contribution < -0.4 is 14.8 Å². The van der Waals surface area contributed by atoms with E-state index in [1.165, 1.54) is 0 Å². The van der Waals surface area contributed by atoms with Crippen LogP contribution in [0.2, 0.25) is 0 Å². The van der Waals surface area contributed by atoms with Gasteiger partial charge >= 0.3 is 0 Å². The van der Waals surface area contributed by atoms with E-state index in [1.807, 2.05) is 18.2 Å². The van der Waals surface area contributed by atoms with Crippen LogP contribution in [0, 0.1) is 0 Å². The van der Waals surface area contributed by atoms with Crippen LogP contribution in [0.4, 0.5) is 0 Å². The van der Waals surface area contributed by atoms with E-state index in [1.54, 1.807) is 14.2 Å². The molecule has 1 aromatic carbocycles. The van der Waals surface area contributed by atoms with Gasteiger partial charge in [0.05, 0.1) is 25.9 Å². The van der Waals surface area contributed by atoms with Gasteiger partial charge in [-0.25, -0.2) is 0 Å². The molecule has 0 spiro atoms. The number of thiocarbonyl (C=S) groups is 1. The molecule has 0 saturated carbocycles. The van der Waals surface area contributed by atoms with Crippen molar-refractivity contribution in [1.29, 1.82) is 0 Å². The molecule has 0 radical (unpaired) electrons. The zero-order valence-corrected chi connectivity index (χ0v) is 12.1. The number of ether oxygens (including phenoxy) is 3. The predicted octanol–water partition coefficient (Wildman–Crippen LogP) is 2.15. The topological polar surface area (TPSA) is 39.7 Å². The molecule has 0 unspecified atom stereocenters. The fourth-order valence-corrected chi connectivity index (χ4v) is 2.42. The number of nitrogens with one attached hydrogen (secondary N) is 1. The van der Waals surface area contributed by atoms with Gasteiger partial charge in [0.25, 0.3) is 0 Å². The Morgan fingerprint density at radius 2 is 2.26 bits per heavy atom. The van der Waals surface area contributed by atoms with Gasteiger partial charge in [0.15, 0.2) is 11.5 Å². The maximum Gasteiger partial charge on any atom is 0.170 e. The first-order valence-electron chi connectivity index (χ1n) is 6.37. The van der Waals surface area contributed by atoms with Crippen molar-refractivity contribution in [2.75, 3.05) is 27.4 Å². The Labute approximate surface area is 119 Å². The van der Waals surface area contributed by atoms with Gasteiger partial charge in [-0.1, -0.05) is 18.3 Å². The second kappa shape index (κ2) is 6.73. The molecular weight excluding hydrogens is 262 g/mol. The minimum atomic E-state index is 0.259. The van der Waals surface area contributed by atoms with E-state index >= 15 is 0 Å². The molecule has 19 heavy (non-hydrogen) atoms. The lowest BCUT2D eigenvalue weighted by Crippen LogP contribution is -2.31. The Morgan fingerprint density at radius 1 is 1.42 bits per heavy atom. The van der Waals surface area contributed by atoms with Crippen molar-refractivity contribution in [2.24, 2.45) is 0 Å². The fourth-order valence-electron chi connectivity index (χ4n) is 2.17. The summed E-state index contributed by atoms with van der Waals surface area (Å²) >= 11 is 5.41. The largest absolute Gasteiger partial charge is 0.493 e. The molecule has 1 saturated heterocycles. The van der Waals surface area contributed by atoms with E-state index in [0.29, 0.717) is 16.5 Å². The first-order valence-corrected chi connectivity index (χ1v) is 6.78. The molecule has 0 amide bonds. The predicted molar refractivity (Wildman–Crippen MR) is 78.2 cm³/mol. The highest BCUT2D eigenvalue weighted by atomic mass is 32.1. The zero-order chi connectivity index (χ0) is 13.7. The fraction of sp³-hybridized carbons (Fsp3) is 0.500. The molecule has 5 heteroatoms. The molecule has 0 aliphatic carbocycles. The van der Waals surface area contributed by atoms with Gasteiger partial charge in [0.2, 0.25) is 0 Å². The zero-order valence-electron chi connectivity index (χ0n) is 11.3. The van der Waals surface area contributed by atoms with Crippen LogP contribution in [0.1, 0.15) is 18.4 Å². The number of benzene rings is 1. The molecule has 0 aromatic heterocycles. The highest BCUT2D eigenvalue weighted by Gasteiger charge is 2.17. The van der Waals surface area contributed by atoms with Gasteiger partial charge in [-0.3, -0.25) is 0 Å². The standard InChI is InChI=1S/C14H19NO3S/c1-16-12-7-3-6-11(13(12)17-2)14(19)15-9-10-5-4-8-18-10/h3,6-7,10H,4-5,8-9H2,1-2H3,(H,15,19)/t10-/m1/s1. The average molecular weight is 281 g/mol. The summed E-state index contributed by atoms with van der Waals surface area (Å²) in [5.41, 5.74) is 0.842. The van der Waals surface area contributed by atoms with Gasteiger partial charge < -0.3 is 19.5 Å². The molecule has 1 heterocycles. The maximum atomic E-state index is 5.56. The summed E-state index contributed by atoms with van der Waals surface area (Å²) < 4.78 is 16.2. The van der Waals surface area contributed by atoms with Gasteiger partial charge in [-0.05, 0) is 25.0 Å². The molecule has 2 rings (SSSR count). The van der Waals surface area contributed by atoms with Gasteiger partial charge in [-0.15, -0.1) is 0 Å². The first-order chi connectivity index (χ1) is 9.26. The van der Waals surface area contributed by atoms with E-state index in [2.05, 4.69) is 5.32 Å². The second-order valence-corrected chi connectivity index (χ2v) is 4.79. The smallest absolute Gasteiger partial charge is 0.170 e. The van der Waals surface area contributed by atoms with Gasteiger partial charge in [-0.2, -0.15) is 0 Å². The number of hydrogen-bond donors (Lipinski definition) is 1. The van der Waals surface area contributed by atoms with Crippen LogP contribution in [0.3, 0.4) is 0 Å². The molecule has 104 valence electrons. The Hall–Kier alpha value is -1.33. The third-order valence-corrected chi connectivity index (χ3v) is 3.53. The summed E-state index contributed by atoms with van der Waals surface area (Å²) in [6.07, 6.45) is 2.47. The molecular formula is C14H19NO3S. The maximum absolute atomic E-state index is 5.56. The van der Waals surface area contributed by atoms with E-state index in [9.17, 15) is 0 Å². The molecule has 1 fully saturated rings. The number of hydrogen-bond acceptors (Lipinski definition) is 4. The summed E-state index contributed by atoms with van der Waals surface area (Å²) in [5.74, 6) is 1.34. The Morgan fingerprint density at radius 3 is 2.89 bits per heavy atom. The lowest BCUT2D eigenvalue weighted by Gasteiger charge is -2.16. The molecule has 1 aliphatic heterocycles. The highest BCUT2D eigenvalue weighted by molar-refractivity contribution is 7.80. The van der Waals surface area contributed by atoms with Crippen molar-refractivity contribution in [3.8, 4) is 11.5 Å². The number of para-hydroxylation sites is 1. The summed E-state index contributed by atoms with van der Waals surface area (Å²) in [6, 6.07) is 5.67. The number of methoxy groups -OCH3 is 2. The van der Waals surface area contributed by atoms with Crippen molar-refractivity contribution in [3.05, 3.63) is 23.8 Å². The van der Waals surface area contributed by atoms with Crippen molar-refractivity contribution >= 4 is 17.2 Å². The van der Waals surface area contributed by atoms with Gasteiger partial charge in [0, 0.05) is 13.2 Å². The molecule has 1 N–H and O–H groups in total. The molecule has 4 nitrogen and oxygen atoms in total. The summed E-state index contributed by atoms with van der Waals surface area (Å²) in [7, 11) is 3.23. The van der Waals surface area contributed by atoms with Crippen LogP contribution >= 0.6 is 12.2 Å². The summed E-state index contributed by atoms with van der Waals surface area (Å²) in [5, 5.41) is 3.24. The van der Waals surface area contributed by atoms with Crippen LogP contribution in [-0.2, 0) is 4.74 Å². The van der Waals surface area contributed by atoms with Crippen LogP contribution in [-0.4, -0.2) is 38.5 Å². The van der Waals surface area contributed by atoms with Crippen molar-refractivity contribution in [1.82, 2.24) is 5.32 Å². The minimum absolute atomic E-state index is 0.259.